The first kappa shape index (κ1) is 19.1. The quantitative estimate of drug-likeness (QED) is 0.859. The molecule has 2 unspecified atom stereocenters. The van der Waals surface area contributed by atoms with Crippen molar-refractivity contribution in [2.45, 2.75) is 25.8 Å². The van der Waals surface area contributed by atoms with E-state index >= 15 is 0 Å². The summed E-state index contributed by atoms with van der Waals surface area (Å²) in [5.41, 5.74) is 0.696. The van der Waals surface area contributed by atoms with E-state index in [1.54, 1.807) is 31.1 Å². The van der Waals surface area contributed by atoms with Crippen LogP contribution in [0.4, 0.5) is 10.5 Å². The number of hydrogen-bond donors (Lipinski definition) is 2. The zero-order chi connectivity index (χ0) is 18.7. The average Bonchev–Trinajstić information content (AvgIpc) is 2.56. The van der Waals surface area contributed by atoms with Gasteiger partial charge in [0.05, 0.1) is 16.5 Å². The summed E-state index contributed by atoms with van der Waals surface area (Å²) in [6, 6.07) is 4.28. The number of nitrogens with zero attached hydrogens (tertiary/aromatic N) is 2. The maximum absolute atomic E-state index is 12.9. The van der Waals surface area contributed by atoms with Crippen LogP contribution < -0.4 is 5.32 Å². The maximum Gasteiger partial charge on any atom is 0.321 e. The van der Waals surface area contributed by atoms with Crippen LogP contribution in [-0.4, -0.2) is 59.5 Å². The summed E-state index contributed by atoms with van der Waals surface area (Å²) in [6.45, 7) is 2.04. The third-order valence-electron chi connectivity index (χ3n) is 4.35. The Morgan fingerprint density at radius 2 is 1.96 bits per heavy atom. The number of carbonyl (C=O) groups excluding carboxylic acids is 2. The lowest BCUT2D eigenvalue weighted by molar-refractivity contribution is -0.143. The molecule has 2 rings (SSSR count). The van der Waals surface area contributed by atoms with Crippen molar-refractivity contribution in [1.29, 1.82) is 0 Å². The SMILES string of the molecule is CC1CCC(C(=O)O)CN1C(=O)c1cc(NC(=O)N(C)C)ccc1Cl. The van der Waals surface area contributed by atoms with Crippen molar-refractivity contribution in [3.8, 4) is 0 Å². The molecule has 0 saturated carbocycles. The molecule has 1 aromatic rings. The van der Waals surface area contributed by atoms with Gasteiger partial charge in [0.15, 0.2) is 0 Å². The molecule has 2 N–H and O–H groups in total. The number of nitrogens with one attached hydrogen (secondary N) is 1. The molecule has 1 aromatic carbocycles. The molecule has 1 heterocycles. The molecule has 0 bridgehead atoms. The van der Waals surface area contributed by atoms with E-state index in [9.17, 15) is 19.5 Å². The van der Waals surface area contributed by atoms with Crippen molar-refractivity contribution >= 4 is 35.2 Å². The molecular weight excluding hydrogens is 346 g/mol. The molecule has 1 saturated heterocycles. The minimum atomic E-state index is -0.900. The van der Waals surface area contributed by atoms with Gasteiger partial charge in [0.2, 0.25) is 0 Å². The van der Waals surface area contributed by atoms with E-state index in [0.717, 1.165) is 0 Å². The van der Waals surface area contributed by atoms with Gasteiger partial charge in [-0.2, -0.15) is 0 Å². The van der Waals surface area contributed by atoms with Crippen LogP contribution in [0.15, 0.2) is 18.2 Å². The Hall–Kier alpha value is -2.28. The number of carbonyl (C=O) groups is 3. The van der Waals surface area contributed by atoms with Crippen molar-refractivity contribution in [2.24, 2.45) is 5.92 Å². The third-order valence-corrected chi connectivity index (χ3v) is 4.68. The fourth-order valence-electron chi connectivity index (χ4n) is 2.75. The third kappa shape index (κ3) is 4.42. The molecule has 0 radical (unpaired) electrons. The number of aliphatic carboxylic acids is 1. The molecule has 0 aromatic heterocycles. The fourth-order valence-corrected chi connectivity index (χ4v) is 2.95. The molecule has 136 valence electrons. The maximum atomic E-state index is 12.9. The second-order valence-corrected chi connectivity index (χ2v) is 6.85. The van der Waals surface area contributed by atoms with Gasteiger partial charge in [0.1, 0.15) is 0 Å². The summed E-state index contributed by atoms with van der Waals surface area (Å²) >= 11 is 6.17. The number of piperidine rings is 1. The van der Waals surface area contributed by atoms with Crippen molar-refractivity contribution in [2.75, 3.05) is 26.0 Å². The minimum Gasteiger partial charge on any atom is -0.481 e. The van der Waals surface area contributed by atoms with E-state index in [-0.39, 0.29) is 35.1 Å². The number of urea groups is 1. The first-order valence-corrected chi connectivity index (χ1v) is 8.40. The standard InChI is InChI=1S/C17H22ClN3O4/c1-10-4-5-11(16(23)24)9-21(10)15(22)13-8-12(6-7-14(13)18)19-17(25)20(2)3/h6-8,10-11H,4-5,9H2,1-3H3,(H,19,25)(H,23,24). The Labute approximate surface area is 151 Å². The van der Waals surface area contributed by atoms with Crippen LogP contribution in [0.1, 0.15) is 30.1 Å². The van der Waals surface area contributed by atoms with E-state index < -0.39 is 11.9 Å². The zero-order valence-corrected chi connectivity index (χ0v) is 15.2. The van der Waals surface area contributed by atoms with E-state index in [4.69, 9.17) is 11.6 Å². The molecule has 7 nitrogen and oxygen atoms in total. The highest BCUT2D eigenvalue weighted by Crippen LogP contribution is 2.28. The fraction of sp³-hybridized carbons (Fsp3) is 0.471. The highest BCUT2D eigenvalue weighted by molar-refractivity contribution is 6.34. The highest BCUT2D eigenvalue weighted by Gasteiger charge is 2.33. The number of halogens is 1. The van der Waals surface area contributed by atoms with Gasteiger partial charge in [0, 0.05) is 32.4 Å². The summed E-state index contributed by atoms with van der Waals surface area (Å²) in [5.74, 6) is -1.80. The van der Waals surface area contributed by atoms with Crippen molar-refractivity contribution in [3.63, 3.8) is 0 Å². The molecule has 8 heteroatoms. The second kappa shape index (κ2) is 7.74. The normalized spacial score (nSPS) is 20.1. The molecule has 1 aliphatic heterocycles. The Morgan fingerprint density at radius 3 is 2.56 bits per heavy atom. The second-order valence-electron chi connectivity index (χ2n) is 6.44. The van der Waals surface area contributed by atoms with E-state index in [2.05, 4.69) is 5.32 Å². The largest absolute Gasteiger partial charge is 0.481 e. The Balaban J connectivity index is 2.25. The van der Waals surface area contributed by atoms with Gasteiger partial charge in [-0.25, -0.2) is 4.79 Å². The average molecular weight is 368 g/mol. The predicted molar refractivity (Wildman–Crippen MR) is 95.0 cm³/mol. The lowest BCUT2D eigenvalue weighted by atomic mass is 9.93. The number of benzene rings is 1. The van der Waals surface area contributed by atoms with Gasteiger partial charge in [0.25, 0.3) is 5.91 Å². The summed E-state index contributed by atoms with van der Waals surface area (Å²) in [4.78, 5) is 38.8. The summed E-state index contributed by atoms with van der Waals surface area (Å²) in [6.07, 6.45) is 1.17. The van der Waals surface area contributed by atoms with E-state index in [0.29, 0.717) is 18.5 Å². The molecule has 1 aliphatic rings. The molecule has 0 aliphatic carbocycles. The van der Waals surface area contributed by atoms with Gasteiger partial charge in [-0.1, -0.05) is 11.6 Å². The van der Waals surface area contributed by atoms with Crippen molar-refractivity contribution in [1.82, 2.24) is 9.80 Å². The summed E-state index contributed by atoms with van der Waals surface area (Å²) in [5, 5.41) is 12.2. The Kier molecular flexibility index (Phi) is 5.89. The molecule has 3 amide bonds. The monoisotopic (exact) mass is 367 g/mol. The van der Waals surface area contributed by atoms with Crippen LogP contribution in [-0.2, 0) is 4.79 Å². The zero-order valence-electron chi connectivity index (χ0n) is 14.5. The first-order chi connectivity index (χ1) is 11.7. The van der Waals surface area contributed by atoms with Crippen LogP contribution in [0, 0.1) is 5.92 Å². The molecule has 2 atom stereocenters. The number of rotatable bonds is 3. The van der Waals surface area contributed by atoms with E-state index in [1.807, 2.05) is 6.92 Å². The number of carboxylic acid groups (broad SMARTS) is 1. The molecule has 1 fully saturated rings. The number of carboxylic acids is 1. The Morgan fingerprint density at radius 1 is 1.28 bits per heavy atom. The lowest BCUT2D eigenvalue weighted by Gasteiger charge is -2.36. The van der Waals surface area contributed by atoms with E-state index in [1.165, 1.54) is 11.0 Å². The summed E-state index contributed by atoms with van der Waals surface area (Å²) < 4.78 is 0. The summed E-state index contributed by atoms with van der Waals surface area (Å²) in [7, 11) is 3.22. The smallest absolute Gasteiger partial charge is 0.321 e. The van der Waals surface area contributed by atoms with Crippen LogP contribution in [0.5, 0.6) is 0 Å². The van der Waals surface area contributed by atoms with Gasteiger partial charge in [-0.3, -0.25) is 9.59 Å². The van der Waals surface area contributed by atoms with Gasteiger partial charge in [-0.05, 0) is 38.0 Å². The number of amides is 3. The first-order valence-electron chi connectivity index (χ1n) is 8.02. The topological polar surface area (TPSA) is 90.0 Å². The van der Waals surface area contributed by atoms with Crippen LogP contribution in [0.25, 0.3) is 0 Å². The van der Waals surface area contributed by atoms with Gasteiger partial charge in [-0.15, -0.1) is 0 Å². The number of likely N-dealkylation sites (tertiary alicyclic amines) is 1. The molecule has 0 spiro atoms. The van der Waals surface area contributed by atoms with Gasteiger partial charge < -0.3 is 20.2 Å². The number of anilines is 1. The van der Waals surface area contributed by atoms with Gasteiger partial charge >= 0.3 is 12.0 Å². The van der Waals surface area contributed by atoms with Crippen LogP contribution in [0.3, 0.4) is 0 Å². The van der Waals surface area contributed by atoms with Crippen molar-refractivity contribution < 1.29 is 19.5 Å². The molecule has 25 heavy (non-hydrogen) atoms. The molecular formula is C17H22ClN3O4. The van der Waals surface area contributed by atoms with Crippen LogP contribution in [0.2, 0.25) is 5.02 Å². The minimum absolute atomic E-state index is 0.0702. The van der Waals surface area contributed by atoms with Crippen LogP contribution >= 0.6 is 11.6 Å². The number of hydrogen-bond acceptors (Lipinski definition) is 3. The Bertz CT molecular complexity index is 692. The predicted octanol–water partition coefficient (Wildman–Crippen LogP) is 2.76. The lowest BCUT2D eigenvalue weighted by Crippen LogP contribution is -2.47. The highest BCUT2D eigenvalue weighted by atomic mass is 35.5. The van der Waals surface area contributed by atoms with Crippen molar-refractivity contribution in [3.05, 3.63) is 28.8 Å².